The van der Waals surface area contributed by atoms with Crippen LogP contribution in [0.2, 0.25) is 0 Å². The van der Waals surface area contributed by atoms with Gasteiger partial charge < -0.3 is 4.90 Å². The lowest BCUT2D eigenvalue weighted by atomic mass is 10.4. The van der Waals surface area contributed by atoms with Gasteiger partial charge in [0.2, 0.25) is 0 Å². The molecule has 2 aromatic rings. The normalized spacial score (nSPS) is 11.1. The molecule has 0 aliphatic heterocycles. The van der Waals surface area contributed by atoms with Gasteiger partial charge in [-0.3, -0.25) is 0 Å². The first-order valence-electron chi connectivity index (χ1n) is 6.00. The fourth-order valence-electron chi connectivity index (χ4n) is 1.93. The van der Waals surface area contributed by atoms with Crippen molar-refractivity contribution >= 4 is 45.4 Å². The van der Waals surface area contributed by atoms with E-state index in [0.29, 0.717) is 0 Å². The third-order valence-corrected chi connectivity index (χ3v) is 9.20. The van der Waals surface area contributed by atoms with Crippen molar-refractivity contribution in [3.8, 4) is 0 Å². The minimum absolute atomic E-state index is 0.847. The van der Waals surface area contributed by atoms with E-state index in [1.807, 2.05) is 55.4 Å². The topological polar surface area (TPSA) is 3.24 Å². The summed E-state index contributed by atoms with van der Waals surface area (Å²) in [5, 5.41) is 2.30. The molecule has 0 fully saturated rings. The Balaban J connectivity index is 2.65. The van der Waals surface area contributed by atoms with Crippen molar-refractivity contribution < 1.29 is 0 Å². The number of hydrogen-bond donors (Lipinski definition) is 0. The summed E-state index contributed by atoms with van der Waals surface area (Å²) in [7, 11) is 3.94. The van der Waals surface area contributed by atoms with Gasteiger partial charge in [0.05, 0.1) is 6.04 Å². The van der Waals surface area contributed by atoms with Gasteiger partial charge in [0.1, 0.15) is 4.73 Å². The molecule has 98 valence electrons. The summed E-state index contributed by atoms with van der Waals surface area (Å²) >= 11 is 11.7. The molecule has 0 aliphatic carbocycles. The Labute approximate surface area is 125 Å². The molecule has 0 saturated heterocycles. The Morgan fingerprint density at radius 1 is 0.842 bits per heavy atom. The SMILES string of the molecule is CN(C)C(=S)P(=S)(c1ccccc1)c1ccccc1. The fraction of sp³-hybridized carbons (Fsp3) is 0.133. The van der Waals surface area contributed by atoms with E-state index in [2.05, 4.69) is 24.3 Å². The molecule has 0 aromatic heterocycles. The third-order valence-electron chi connectivity index (χ3n) is 2.89. The molecule has 19 heavy (non-hydrogen) atoms. The summed E-state index contributed by atoms with van der Waals surface area (Å²) < 4.78 is 0.847. The summed E-state index contributed by atoms with van der Waals surface area (Å²) in [4.78, 5) is 1.97. The van der Waals surface area contributed by atoms with Gasteiger partial charge in [-0.1, -0.05) is 84.7 Å². The first-order valence-corrected chi connectivity index (χ1v) is 9.21. The summed E-state index contributed by atoms with van der Waals surface area (Å²) in [6.07, 6.45) is 0. The first-order chi connectivity index (χ1) is 9.06. The van der Waals surface area contributed by atoms with Crippen LogP contribution in [-0.2, 0) is 11.8 Å². The maximum atomic E-state index is 6.06. The van der Waals surface area contributed by atoms with Crippen LogP contribution in [0.25, 0.3) is 0 Å². The molecule has 0 saturated carbocycles. The maximum Gasteiger partial charge on any atom is 0.119 e. The second kappa shape index (κ2) is 5.96. The van der Waals surface area contributed by atoms with Crippen LogP contribution in [0.4, 0.5) is 0 Å². The van der Waals surface area contributed by atoms with E-state index in [1.54, 1.807) is 0 Å². The molecule has 1 nitrogen and oxygen atoms in total. The predicted octanol–water partition coefficient (Wildman–Crippen LogP) is 2.96. The first kappa shape index (κ1) is 14.4. The number of nitrogens with zero attached hydrogens (tertiary/aromatic N) is 1. The van der Waals surface area contributed by atoms with Crippen LogP contribution >= 0.6 is 18.3 Å². The van der Waals surface area contributed by atoms with E-state index in [1.165, 1.54) is 0 Å². The largest absolute Gasteiger partial charge is 0.368 e. The summed E-state index contributed by atoms with van der Waals surface area (Å²) in [5.41, 5.74) is 0. The van der Waals surface area contributed by atoms with Gasteiger partial charge in [-0.15, -0.1) is 0 Å². The predicted molar refractivity (Wildman–Crippen MR) is 92.7 cm³/mol. The average molecular weight is 305 g/mol. The monoisotopic (exact) mass is 305 g/mol. The van der Waals surface area contributed by atoms with E-state index in [4.69, 9.17) is 24.0 Å². The van der Waals surface area contributed by atoms with E-state index >= 15 is 0 Å². The maximum absolute atomic E-state index is 6.06. The summed E-state index contributed by atoms with van der Waals surface area (Å²) in [5.74, 6) is 0. The number of rotatable bonds is 3. The molecule has 0 atom stereocenters. The quantitative estimate of drug-likeness (QED) is 0.634. The molecule has 0 aliphatic rings. The van der Waals surface area contributed by atoms with Crippen LogP contribution in [-0.4, -0.2) is 23.7 Å². The molecule has 0 N–H and O–H groups in total. The zero-order valence-corrected chi connectivity index (χ0v) is 13.5. The van der Waals surface area contributed by atoms with Crippen molar-refractivity contribution in [3.05, 3.63) is 60.7 Å². The standard InChI is InChI=1S/C15H16NPS2/c1-16(2)15(18)17(19,13-9-5-3-6-10-13)14-11-7-4-8-12-14/h3-12H,1-2H3. The van der Waals surface area contributed by atoms with Crippen molar-refractivity contribution in [2.24, 2.45) is 0 Å². The van der Waals surface area contributed by atoms with Crippen LogP contribution in [0.3, 0.4) is 0 Å². The van der Waals surface area contributed by atoms with Gasteiger partial charge in [0.15, 0.2) is 0 Å². The second-order valence-corrected chi connectivity index (χ2v) is 9.46. The molecule has 0 heterocycles. The minimum atomic E-state index is -2.08. The lowest BCUT2D eigenvalue weighted by molar-refractivity contribution is 0.647. The zero-order valence-electron chi connectivity index (χ0n) is 11.0. The van der Waals surface area contributed by atoms with E-state index in [9.17, 15) is 0 Å². The van der Waals surface area contributed by atoms with E-state index in [0.717, 1.165) is 15.3 Å². The van der Waals surface area contributed by atoms with Crippen molar-refractivity contribution in [1.29, 1.82) is 0 Å². The van der Waals surface area contributed by atoms with Crippen molar-refractivity contribution in [2.45, 2.75) is 0 Å². The molecule has 4 heteroatoms. The van der Waals surface area contributed by atoms with Crippen LogP contribution in [0.1, 0.15) is 0 Å². The molecule has 0 amide bonds. The van der Waals surface area contributed by atoms with Gasteiger partial charge in [0, 0.05) is 14.1 Å². The van der Waals surface area contributed by atoms with Gasteiger partial charge in [-0.25, -0.2) is 0 Å². The Morgan fingerprint density at radius 3 is 1.53 bits per heavy atom. The highest BCUT2D eigenvalue weighted by molar-refractivity contribution is 8.34. The Kier molecular flexibility index (Phi) is 4.51. The molecule has 0 unspecified atom stereocenters. The highest BCUT2D eigenvalue weighted by Crippen LogP contribution is 2.46. The number of hydrogen-bond acceptors (Lipinski definition) is 2. The van der Waals surface area contributed by atoms with Crippen LogP contribution in [0, 0.1) is 0 Å². The second-order valence-electron chi connectivity index (χ2n) is 4.46. The van der Waals surface area contributed by atoms with Crippen LogP contribution < -0.4 is 10.6 Å². The molecule has 2 aromatic carbocycles. The Hall–Kier alpha value is -1.02. The molecule has 2 rings (SSSR count). The zero-order chi connectivity index (χ0) is 13.9. The van der Waals surface area contributed by atoms with Gasteiger partial charge in [0.25, 0.3) is 0 Å². The minimum Gasteiger partial charge on any atom is -0.368 e. The highest BCUT2D eigenvalue weighted by Gasteiger charge is 2.28. The van der Waals surface area contributed by atoms with Crippen molar-refractivity contribution in [1.82, 2.24) is 4.90 Å². The fourth-order valence-corrected chi connectivity index (χ4v) is 6.27. The van der Waals surface area contributed by atoms with Gasteiger partial charge in [-0.05, 0) is 10.6 Å². The molecule has 0 spiro atoms. The van der Waals surface area contributed by atoms with E-state index < -0.39 is 6.04 Å². The van der Waals surface area contributed by atoms with E-state index in [-0.39, 0.29) is 0 Å². The molecular weight excluding hydrogens is 289 g/mol. The summed E-state index contributed by atoms with van der Waals surface area (Å²) in [6, 6.07) is 18.4. The van der Waals surface area contributed by atoms with Crippen LogP contribution in [0.5, 0.6) is 0 Å². The van der Waals surface area contributed by atoms with Crippen LogP contribution in [0.15, 0.2) is 60.7 Å². The van der Waals surface area contributed by atoms with Gasteiger partial charge >= 0.3 is 0 Å². The van der Waals surface area contributed by atoms with Crippen molar-refractivity contribution in [2.75, 3.05) is 14.1 Å². The molecule has 0 radical (unpaired) electrons. The Bertz CT molecular complexity index is 565. The van der Waals surface area contributed by atoms with Crippen molar-refractivity contribution in [3.63, 3.8) is 0 Å². The molecule has 0 bridgehead atoms. The highest BCUT2D eigenvalue weighted by atomic mass is 32.4. The smallest absolute Gasteiger partial charge is 0.119 e. The third kappa shape index (κ3) is 2.79. The number of benzene rings is 2. The lowest BCUT2D eigenvalue weighted by Crippen LogP contribution is -2.29. The Morgan fingerprint density at radius 2 is 1.21 bits per heavy atom. The number of thiocarbonyl (C=S) groups is 1. The van der Waals surface area contributed by atoms with Gasteiger partial charge in [-0.2, -0.15) is 0 Å². The summed E-state index contributed by atoms with van der Waals surface area (Å²) in [6.45, 7) is 0. The molecular formula is C15H16NPS2. The lowest BCUT2D eigenvalue weighted by Gasteiger charge is -2.28. The average Bonchev–Trinajstić information content (AvgIpc) is 2.47.